The third kappa shape index (κ3) is 3.97. The molecule has 0 unspecified atom stereocenters. The number of nitrogens with one attached hydrogen (secondary N) is 1. The molecule has 0 fully saturated rings. The maximum atomic E-state index is 12.3. The molecule has 1 aromatic rings. The SMILES string of the molecule is CCC[C@@H](C)NC(=O)CCCN1C(=O)c2ccc(C)cc2C1=O. The van der Waals surface area contributed by atoms with Crippen molar-refractivity contribution in [1.29, 1.82) is 0 Å². The van der Waals surface area contributed by atoms with Crippen LogP contribution in [0.4, 0.5) is 0 Å². The van der Waals surface area contributed by atoms with Crippen LogP contribution in [0.15, 0.2) is 18.2 Å². The molecule has 0 spiro atoms. The first-order valence-corrected chi connectivity index (χ1v) is 8.20. The van der Waals surface area contributed by atoms with Gasteiger partial charge in [0.05, 0.1) is 11.1 Å². The summed E-state index contributed by atoms with van der Waals surface area (Å²) in [4.78, 5) is 37.6. The molecule has 0 bridgehead atoms. The Balaban J connectivity index is 1.87. The van der Waals surface area contributed by atoms with Gasteiger partial charge in [0.25, 0.3) is 11.8 Å². The lowest BCUT2D eigenvalue weighted by Crippen LogP contribution is -2.34. The van der Waals surface area contributed by atoms with Gasteiger partial charge < -0.3 is 5.32 Å². The first kappa shape index (κ1) is 17.2. The summed E-state index contributed by atoms with van der Waals surface area (Å²) in [5.74, 6) is -0.545. The zero-order valence-electron chi connectivity index (χ0n) is 14.0. The normalized spacial score (nSPS) is 14.8. The molecule has 1 heterocycles. The van der Waals surface area contributed by atoms with Crippen molar-refractivity contribution in [3.63, 3.8) is 0 Å². The van der Waals surface area contributed by atoms with Crippen LogP contribution in [0, 0.1) is 6.92 Å². The van der Waals surface area contributed by atoms with Crippen LogP contribution in [-0.2, 0) is 4.79 Å². The number of hydrogen-bond acceptors (Lipinski definition) is 3. The Morgan fingerprint density at radius 1 is 1.22 bits per heavy atom. The van der Waals surface area contributed by atoms with Crippen molar-refractivity contribution in [3.05, 3.63) is 34.9 Å². The summed E-state index contributed by atoms with van der Waals surface area (Å²) in [6.45, 7) is 6.23. The van der Waals surface area contributed by atoms with E-state index in [-0.39, 0.29) is 30.3 Å². The van der Waals surface area contributed by atoms with Gasteiger partial charge in [0, 0.05) is 19.0 Å². The molecular formula is C18H24N2O3. The summed E-state index contributed by atoms with van der Waals surface area (Å²) in [6.07, 6.45) is 2.77. The number of rotatable bonds is 7. The molecule has 5 nitrogen and oxygen atoms in total. The molecule has 0 saturated heterocycles. The first-order chi connectivity index (χ1) is 10.9. The molecule has 1 aliphatic rings. The fourth-order valence-corrected chi connectivity index (χ4v) is 2.86. The number of nitrogens with zero attached hydrogens (tertiary/aromatic N) is 1. The minimum Gasteiger partial charge on any atom is -0.354 e. The molecular weight excluding hydrogens is 292 g/mol. The average Bonchev–Trinajstić information content (AvgIpc) is 2.72. The van der Waals surface area contributed by atoms with Crippen molar-refractivity contribution in [1.82, 2.24) is 10.2 Å². The summed E-state index contributed by atoms with van der Waals surface area (Å²) in [5, 5.41) is 2.93. The molecule has 1 N–H and O–H groups in total. The number of aryl methyl sites for hydroxylation is 1. The average molecular weight is 316 g/mol. The minimum absolute atomic E-state index is 0.0293. The van der Waals surface area contributed by atoms with Crippen molar-refractivity contribution >= 4 is 17.7 Å². The van der Waals surface area contributed by atoms with Crippen molar-refractivity contribution < 1.29 is 14.4 Å². The Labute approximate surface area is 137 Å². The zero-order chi connectivity index (χ0) is 17.0. The summed E-state index contributed by atoms with van der Waals surface area (Å²) in [6, 6.07) is 5.43. The number of amides is 3. The molecule has 0 aromatic heterocycles. The van der Waals surface area contributed by atoms with Crippen molar-refractivity contribution in [3.8, 4) is 0 Å². The van der Waals surface area contributed by atoms with Crippen LogP contribution < -0.4 is 5.32 Å². The van der Waals surface area contributed by atoms with Gasteiger partial charge in [-0.05, 0) is 38.8 Å². The van der Waals surface area contributed by atoms with Crippen LogP contribution in [-0.4, -0.2) is 35.2 Å². The van der Waals surface area contributed by atoms with Gasteiger partial charge >= 0.3 is 0 Å². The molecule has 2 rings (SSSR count). The number of hydrogen-bond donors (Lipinski definition) is 1. The van der Waals surface area contributed by atoms with Crippen molar-refractivity contribution in [2.75, 3.05) is 6.54 Å². The van der Waals surface area contributed by atoms with Gasteiger partial charge in [0.2, 0.25) is 5.91 Å². The standard InChI is InChI=1S/C18H24N2O3/c1-4-6-13(3)19-16(21)7-5-10-20-17(22)14-9-8-12(2)11-15(14)18(20)23/h8-9,11,13H,4-7,10H2,1-3H3,(H,19,21)/t13-/m1/s1. The maximum absolute atomic E-state index is 12.3. The second kappa shape index (κ2) is 7.40. The minimum atomic E-state index is -0.259. The Hall–Kier alpha value is -2.17. The van der Waals surface area contributed by atoms with Gasteiger partial charge in [-0.1, -0.05) is 25.0 Å². The lowest BCUT2D eigenvalue weighted by atomic mass is 10.1. The van der Waals surface area contributed by atoms with E-state index in [1.165, 1.54) is 4.90 Å². The Morgan fingerprint density at radius 3 is 2.61 bits per heavy atom. The van der Waals surface area contributed by atoms with Gasteiger partial charge in [-0.25, -0.2) is 0 Å². The number of imide groups is 1. The maximum Gasteiger partial charge on any atom is 0.261 e. The van der Waals surface area contributed by atoms with E-state index < -0.39 is 0 Å². The number of carbonyl (C=O) groups excluding carboxylic acids is 3. The molecule has 1 atom stereocenters. The fraction of sp³-hybridized carbons (Fsp3) is 0.500. The highest BCUT2D eigenvalue weighted by Crippen LogP contribution is 2.24. The smallest absolute Gasteiger partial charge is 0.261 e. The molecule has 23 heavy (non-hydrogen) atoms. The molecule has 5 heteroatoms. The Bertz CT molecular complexity index is 625. The van der Waals surface area contributed by atoms with Crippen LogP contribution in [0.5, 0.6) is 0 Å². The monoisotopic (exact) mass is 316 g/mol. The number of benzene rings is 1. The van der Waals surface area contributed by atoms with E-state index in [0.717, 1.165) is 18.4 Å². The molecule has 1 aromatic carbocycles. The lowest BCUT2D eigenvalue weighted by molar-refractivity contribution is -0.121. The molecule has 0 saturated carbocycles. The predicted molar refractivity (Wildman–Crippen MR) is 88.3 cm³/mol. The quantitative estimate of drug-likeness (QED) is 0.787. The molecule has 1 aliphatic heterocycles. The summed E-state index contributed by atoms with van der Waals surface area (Å²) in [7, 11) is 0. The van der Waals surface area contributed by atoms with E-state index in [4.69, 9.17) is 0 Å². The zero-order valence-corrected chi connectivity index (χ0v) is 14.0. The summed E-state index contributed by atoms with van der Waals surface area (Å²) >= 11 is 0. The predicted octanol–water partition coefficient (Wildman–Crippen LogP) is 2.68. The van der Waals surface area contributed by atoms with Gasteiger partial charge in [-0.3, -0.25) is 19.3 Å². The van der Waals surface area contributed by atoms with Gasteiger partial charge in [-0.15, -0.1) is 0 Å². The highest BCUT2D eigenvalue weighted by molar-refractivity contribution is 6.21. The fourth-order valence-electron chi connectivity index (χ4n) is 2.86. The second-order valence-electron chi connectivity index (χ2n) is 6.17. The Kier molecular flexibility index (Phi) is 5.53. The van der Waals surface area contributed by atoms with Gasteiger partial charge in [0.1, 0.15) is 0 Å². The molecule has 0 radical (unpaired) electrons. The van der Waals surface area contributed by atoms with Crippen LogP contribution in [0.1, 0.15) is 65.8 Å². The number of fused-ring (bicyclic) bond motifs is 1. The first-order valence-electron chi connectivity index (χ1n) is 8.20. The van der Waals surface area contributed by atoms with E-state index in [0.29, 0.717) is 24.0 Å². The third-order valence-corrected chi connectivity index (χ3v) is 4.04. The van der Waals surface area contributed by atoms with Crippen LogP contribution in [0.2, 0.25) is 0 Å². The lowest BCUT2D eigenvalue weighted by Gasteiger charge is -2.15. The van der Waals surface area contributed by atoms with Crippen molar-refractivity contribution in [2.24, 2.45) is 0 Å². The second-order valence-corrected chi connectivity index (χ2v) is 6.17. The van der Waals surface area contributed by atoms with Crippen LogP contribution in [0.3, 0.4) is 0 Å². The molecule has 3 amide bonds. The largest absolute Gasteiger partial charge is 0.354 e. The van der Waals surface area contributed by atoms with E-state index in [2.05, 4.69) is 12.2 Å². The highest BCUT2D eigenvalue weighted by atomic mass is 16.2. The van der Waals surface area contributed by atoms with Crippen molar-refractivity contribution in [2.45, 2.75) is 52.5 Å². The van der Waals surface area contributed by atoms with Crippen LogP contribution in [0.25, 0.3) is 0 Å². The van der Waals surface area contributed by atoms with Gasteiger partial charge in [0.15, 0.2) is 0 Å². The van der Waals surface area contributed by atoms with Crippen LogP contribution >= 0.6 is 0 Å². The highest BCUT2D eigenvalue weighted by Gasteiger charge is 2.34. The topological polar surface area (TPSA) is 66.5 Å². The van der Waals surface area contributed by atoms with E-state index >= 15 is 0 Å². The van der Waals surface area contributed by atoms with E-state index in [1.54, 1.807) is 12.1 Å². The van der Waals surface area contributed by atoms with E-state index in [9.17, 15) is 14.4 Å². The van der Waals surface area contributed by atoms with Gasteiger partial charge in [-0.2, -0.15) is 0 Å². The summed E-state index contributed by atoms with van der Waals surface area (Å²) in [5.41, 5.74) is 1.88. The molecule has 0 aliphatic carbocycles. The summed E-state index contributed by atoms with van der Waals surface area (Å²) < 4.78 is 0. The Morgan fingerprint density at radius 2 is 1.91 bits per heavy atom. The van der Waals surface area contributed by atoms with E-state index in [1.807, 2.05) is 19.9 Å². The molecule has 124 valence electrons. The third-order valence-electron chi connectivity index (χ3n) is 4.04. The number of carbonyl (C=O) groups is 3.